The lowest BCUT2D eigenvalue weighted by atomic mass is 10.1. The summed E-state index contributed by atoms with van der Waals surface area (Å²) in [6.45, 7) is 0.231. The molecule has 0 aliphatic rings. The zero-order valence-electron chi connectivity index (χ0n) is 21.6. The second-order valence-electron chi connectivity index (χ2n) is 8.24. The Hall–Kier alpha value is -5.70. The first-order valence-corrected chi connectivity index (χ1v) is 11.8. The van der Waals surface area contributed by atoms with Crippen LogP contribution in [0, 0.1) is 0 Å². The number of anilines is 2. The topological polar surface area (TPSA) is 265 Å². The van der Waals surface area contributed by atoms with Gasteiger partial charge in [-0.2, -0.15) is 4.98 Å². The third-order valence-electron chi connectivity index (χ3n) is 5.29. The Morgan fingerprint density at radius 2 is 1.71 bits per heavy atom. The first kappa shape index (κ1) is 31.5. The summed E-state index contributed by atoms with van der Waals surface area (Å²) >= 11 is 0. The Balaban J connectivity index is 0.000000563. The van der Waals surface area contributed by atoms with Crippen molar-refractivity contribution in [3.63, 3.8) is 0 Å². The van der Waals surface area contributed by atoms with Crippen molar-refractivity contribution < 1.29 is 29.4 Å². The highest BCUT2D eigenvalue weighted by molar-refractivity contribution is 5.97. The van der Waals surface area contributed by atoms with Crippen LogP contribution in [0.15, 0.2) is 65.6 Å². The number of amides is 1. The lowest BCUT2D eigenvalue weighted by Gasteiger charge is -2.14. The highest BCUT2D eigenvalue weighted by Crippen LogP contribution is 2.12. The van der Waals surface area contributed by atoms with Gasteiger partial charge in [0.05, 0.1) is 18.4 Å². The van der Waals surface area contributed by atoms with E-state index in [-0.39, 0.29) is 48.2 Å². The standard InChI is InChI=1S/C19H19N7O6.C7H6O.H3N/c20-19-25-15-14(17(30)26-19)23-11(8-22-15)7-21-10-3-1-9(2-4-10)16(29)24-12(18(31)32)5-6-13(27)28;8-6-7-4-2-1-3-5-7;/h1-4,8,12,21H,5-7H2,(H,24,29)(H,27,28)(H,31,32)(H3,20,22,25,26,30);1-6H;1H3. The molecule has 0 saturated carbocycles. The lowest BCUT2D eigenvalue weighted by molar-refractivity contribution is -0.140. The van der Waals surface area contributed by atoms with E-state index in [4.69, 9.17) is 15.9 Å². The number of carbonyl (C=O) groups excluding carboxylic acids is 2. The first-order valence-electron chi connectivity index (χ1n) is 11.8. The summed E-state index contributed by atoms with van der Waals surface area (Å²) in [7, 11) is 0. The Morgan fingerprint density at radius 3 is 2.29 bits per heavy atom. The predicted octanol–water partition coefficient (Wildman–Crippen LogP) is 1.62. The smallest absolute Gasteiger partial charge is 0.326 e. The number of carbonyl (C=O) groups is 4. The zero-order chi connectivity index (χ0) is 29.1. The number of nitrogens with zero attached hydrogens (tertiary/aromatic N) is 3. The number of carboxylic acids is 2. The summed E-state index contributed by atoms with van der Waals surface area (Å²) in [4.78, 5) is 70.6. The van der Waals surface area contributed by atoms with E-state index in [9.17, 15) is 24.0 Å². The average Bonchev–Trinajstić information content (AvgIpc) is 2.95. The fourth-order valence-corrected chi connectivity index (χ4v) is 3.29. The largest absolute Gasteiger partial charge is 0.481 e. The maximum atomic E-state index is 12.3. The minimum atomic E-state index is -1.31. The van der Waals surface area contributed by atoms with Crippen LogP contribution in [0.5, 0.6) is 0 Å². The van der Waals surface area contributed by atoms with Gasteiger partial charge in [0.1, 0.15) is 12.3 Å². The molecule has 2 aromatic heterocycles. The fraction of sp³-hybridized carbons (Fsp3) is 0.154. The Labute approximate surface area is 232 Å². The molecule has 0 radical (unpaired) electrons. The van der Waals surface area contributed by atoms with Crippen molar-refractivity contribution in [1.82, 2.24) is 31.4 Å². The molecule has 10 N–H and O–H groups in total. The highest BCUT2D eigenvalue weighted by Gasteiger charge is 2.21. The molecule has 1 amide bonds. The molecular formula is C26H28N8O7. The number of hydrogen-bond donors (Lipinski definition) is 7. The second kappa shape index (κ2) is 15.0. The summed E-state index contributed by atoms with van der Waals surface area (Å²) in [5.41, 5.74) is 7.20. The van der Waals surface area contributed by atoms with E-state index in [1.807, 2.05) is 18.2 Å². The molecular weight excluding hydrogens is 536 g/mol. The molecule has 1 atom stereocenters. The number of rotatable bonds is 10. The van der Waals surface area contributed by atoms with Crippen LogP contribution in [-0.4, -0.2) is 60.3 Å². The molecule has 15 heteroatoms. The number of aliphatic carboxylic acids is 2. The van der Waals surface area contributed by atoms with Crippen molar-refractivity contribution in [3.05, 3.63) is 88.0 Å². The van der Waals surface area contributed by atoms with Crippen LogP contribution in [0.3, 0.4) is 0 Å². The zero-order valence-corrected chi connectivity index (χ0v) is 21.6. The van der Waals surface area contributed by atoms with Gasteiger partial charge in [0.2, 0.25) is 5.95 Å². The van der Waals surface area contributed by atoms with Crippen LogP contribution in [-0.2, 0) is 16.1 Å². The molecule has 0 bridgehead atoms. The minimum Gasteiger partial charge on any atom is -0.481 e. The van der Waals surface area contributed by atoms with E-state index in [2.05, 4.69) is 30.6 Å². The molecule has 15 nitrogen and oxygen atoms in total. The third-order valence-corrected chi connectivity index (χ3v) is 5.29. The van der Waals surface area contributed by atoms with Crippen LogP contribution in [0.4, 0.5) is 11.6 Å². The molecule has 2 heterocycles. The van der Waals surface area contributed by atoms with Crippen molar-refractivity contribution in [2.75, 3.05) is 11.1 Å². The van der Waals surface area contributed by atoms with Crippen LogP contribution >= 0.6 is 0 Å². The van der Waals surface area contributed by atoms with Crippen molar-refractivity contribution in [1.29, 1.82) is 0 Å². The number of aromatic amines is 1. The molecule has 0 fully saturated rings. The van der Waals surface area contributed by atoms with Gasteiger partial charge in [-0.25, -0.2) is 14.8 Å². The van der Waals surface area contributed by atoms with Crippen molar-refractivity contribution >= 4 is 46.9 Å². The molecule has 0 spiro atoms. The van der Waals surface area contributed by atoms with Gasteiger partial charge in [0.15, 0.2) is 11.2 Å². The molecule has 4 rings (SSSR count). The molecule has 0 aliphatic heterocycles. The molecule has 2 aromatic carbocycles. The minimum absolute atomic E-state index is 0. The number of aldehydes is 1. The number of benzene rings is 2. The van der Waals surface area contributed by atoms with Crippen LogP contribution in [0.25, 0.3) is 11.2 Å². The summed E-state index contributed by atoms with van der Waals surface area (Å²) in [5.74, 6) is -3.16. The van der Waals surface area contributed by atoms with E-state index < -0.39 is 29.4 Å². The van der Waals surface area contributed by atoms with E-state index in [0.29, 0.717) is 11.4 Å². The van der Waals surface area contributed by atoms with Crippen LogP contribution in [0.2, 0.25) is 0 Å². The normalized spacial score (nSPS) is 10.7. The van der Waals surface area contributed by atoms with Gasteiger partial charge in [-0.3, -0.25) is 24.2 Å². The average molecular weight is 565 g/mol. The number of nitrogens with two attached hydrogens (primary N) is 1. The summed E-state index contributed by atoms with van der Waals surface area (Å²) in [6, 6.07) is 14.0. The monoisotopic (exact) mass is 564 g/mol. The number of carboxylic acid groups (broad SMARTS) is 2. The first-order chi connectivity index (χ1) is 19.2. The number of fused-ring (bicyclic) bond motifs is 1. The maximum absolute atomic E-state index is 12.3. The van der Waals surface area contributed by atoms with Gasteiger partial charge >= 0.3 is 11.9 Å². The summed E-state index contributed by atoms with van der Waals surface area (Å²) < 4.78 is 0. The Kier molecular flexibility index (Phi) is 11.6. The Morgan fingerprint density at radius 1 is 1.02 bits per heavy atom. The van der Waals surface area contributed by atoms with Gasteiger partial charge in [-0.1, -0.05) is 30.3 Å². The quantitative estimate of drug-likeness (QED) is 0.135. The number of hydrogen-bond acceptors (Lipinski definition) is 11. The maximum Gasteiger partial charge on any atom is 0.326 e. The van der Waals surface area contributed by atoms with E-state index in [0.717, 1.165) is 11.8 Å². The van der Waals surface area contributed by atoms with Crippen LogP contribution < -0.4 is 28.1 Å². The SMILES string of the molecule is N.Nc1nc2ncc(CNc3ccc(C(=O)NC(CCC(=O)O)C(=O)O)cc3)nc2c(=O)[nH]1.O=Cc1ccccc1. The molecule has 0 aliphatic carbocycles. The second-order valence-corrected chi connectivity index (χ2v) is 8.24. The van der Waals surface area contributed by atoms with Gasteiger partial charge in [-0.15, -0.1) is 0 Å². The highest BCUT2D eigenvalue weighted by atomic mass is 16.4. The number of nitrogen functional groups attached to an aromatic ring is 1. The molecule has 1 unspecified atom stereocenters. The predicted molar refractivity (Wildman–Crippen MR) is 149 cm³/mol. The van der Waals surface area contributed by atoms with Gasteiger partial charge in [0.25, 0.3) is 11.5 Å². The fourth-order valence-electron chi connectivity index (χ4n) is 3.29. The molecule has 0 saturated heterocycles. The summed E-state index contributed by atoms with van der Waals surface area (Å²) in [5, 5.41) is 23.2. The van der Waals surface area contributed by atoms with Gasteiger partial charge < -0.3 is 32.7 Å². The Bertz CT molecular complexity index is 1560. The van der Waals surface area contributed by atoms with Gasteiger partial charge in [-0.05, 0) is 30.7 Å². The lowest BCUT2D eigenvalue weighted by Crippen LogP contribution is -2.41. The molecule has 214 valence electrons. The molecule has 41 heavy (non-hydrogen) atoms. The van der Waals surface area contributed by atoms with E-state index in [1.54, 1.807) is 24.3 Å². The van der Waals surface area contributed by atoms with Crippen molar-refractivity contribution in [2.45, 2.75) is 25.4 Å². The number of H-pyrrole nitrogens is 1. The molecule has 4 aromatic rings. The van der Waals surface area contributed by atoms with Gasteiger partial charge in [0, 0.05) is 23.2 Å². The number of nitrogens with one attached hydrogen (secondary N) is 3. The number of aromatic nitrogens is 4. The summed E-state index contributed by atoms with van der Waals surface area (Å²) in [6.07, 6.45) is 1.67. The third kappa shape index (κ3) is 9.52. The van der Waals surface area contributed by atoms with Crippen molar-refractivity contribution in [2.24, 2.45) is 0 Å². The van der Waals surface area contributed by atoms with Crippen molar-refractivity contribution in [3.8, 4) is 0 Å². The van der Waals surface area contributed by atoms with E-state index >= 15 is 0 Å². The van der Waals surface area contributed by atoms with E-state index in [1.165, 1.54) is 18.3 Å². The van der Waals surface area contributed by atoms with Crippen LogP contribution in [0.1, 0.15) is 39.3 Å².